The first-order valence-electron chi connectivity index (χ1n) is 8.44. The normalized spacial score (nSPS) is 11.1. The molecule has 0 saturated heterocycles. The zero-order valence-corrected chi connectivity index (χ0v) is 14.3. The topological polar surface area (TPSA) is 68.9 Å². The van der Waals surface area contributed by atoms with Gasteiger partial charge >= 0.3 is 0 Å². The van der Waals surface area contributed by atoms with Crippen LogP contribution in [0, 0.1) is 10.1 Å². The summed E-state index contributed by atoms with van der Waals surface area (Å²) in [6.45, 7) is 0. The Morgan fingerprint density at radius 1 is 0.852 bits per heavy atom. The maximum atomic E-state index is 10.8. The number of hydrogen-bond acceptors (Lipinski definition) is 4. The second-order valence-corrected chi connectivity index (χ2v) is 6.01. The van der Waals surface area contributed by atoms with E-state index in [0.29, 0.717) is 0 Å². The van der Waals surface area contributed by atoms with Crippen molar-refractivity contribution in [1.82, 2.24) is 9.97 Å². The lowest BCUT2D eigenvalue weighted by atomic mass is 10.0. The Morgan fingerprint density at radius 3 is 2.37 bits per heavy atom. The molecule has 0 spiro atoms. The summed E-state index contributed by atoms with van der Waals surface area (Å²) < 4.78 is 0. The second-order valence-electron chi connectivity index (χ2n) is 6.01. The van der Waals surface area contributed by atoms with Crippen LogP contribution in [0.5, 0.6) is 0 Å². The molecule has 4 aromatic rings. The molecule has 0 N–H and O–H groups in total. The maximum absolute atomic E-state index is 10.8. The molecule has 0 unspecified atom stereocenters. The summed E-state index contributed by atoms with van der Waals surface area (Å²) in [6, 6.07) is 22.2. The standard InChI is InChI=1S/C22H15N3O2/c26-25(27)18-12-9-16(10-13-18)8-11-17-15-22(21-7-3-4-14-23-21)24-20-6-2-1-5-19(17)20/h1-15H. The third-order valence-corrected chi connectivity index (χ3v) is 4.23. The van der Waals surface area contributed by atoms with Crippen LogP contribution in [0.1, 0.15) is 11.1 Å². The average molecular weight is 353 g/mol. The summed E-state index contributed by atoms with van der Waals surface area (Å²) >= 11 is 0. The predicted octanol–water partition coefficient (Wildman–Crippen LogP) is 5.38. The molecule has 0 atom stereocenters. The fourth-order valence-corrected chi connectivity index (χ4v) is 2.88. The predicted molar refractivity (Wildman–Crippen MR) is 107 cm³/mol. The highest BCUT2D eigenvalue weighted by Crippen LogP contribution is 2.25. The molecule has 0 saturated carbocycles. The summed E-state index contributed by atoms with van der Waals surface area (Å²) in [5.41, 5.74) is 4.49. The fourth-order valence-electron chi connectivity index (χ4n) is 2.88. The van der Waals surface area contributed by atoms with Crippen LogP contribution in [0.2, 0.25) is 0 Å². The largest absolute Gasteiger partial charge is 0.269 e. The molecule has 0 aliphatic rings. The summed E-state index contributed by atoms with van der Waals surface area (Å²) in [6.07, 6.45) is 5.68. The van der Waals surface area contributed by atoms with E-state index in [0.717, 1.165) is 33.4 Å². The Labute approximate surface area is 155 Å². The van der Waals surface area contributed by atoms with E-state index in [1.807, 2.05) is 60.7 Å². The maximum Gasteiger partial charge on any atom is 0.269 e. The molecule has 0 bridgehead atoms. The molecule has 130 valence electrons. The van der Waals surface area contributed by atoms with Crippen molar-refractivity contribution in [2.24, 2.45) is 0 Å². The van der Waals surface area contributed by atoms with E-state index >= 15 is 0 Å². The third kappa shape index (κ3) is 3.57. The number of benzene rings is 2. The molecule has 0 amide bonds. The van der Waals surface area contributed by atoms with Crippen molar-refractivity contribution < 1.29 is 4.92 Å². The molecular weight excluding hydrogens is 338 g/mol. The lowest BCUT2D eigenvalue weighted by Crippen LogP contribution is -1.90. The Balaban J connectivity index is 1.77. The van der Waals surface area contributed by atoms with Crippen molar-refractivity contribution in [2.75, 3.05) is 0 Å². The van der Waals surface area contributed by atoms with Crippen LogP contribution < -0.4 is 0 Å². The molecule has 0 fully saturated rings. The van der Waals surface area contributed by atoms with Gasteiger partial charge in [0.25, 0.3) is 5.69 Å². The monoisotopic (exact) mass is 353 g/mol. The van der Waals surface area contributed by atoms with Crippen LogP contribution in [0.15, 0.2) is 79.0 Å². The first-order valence-corrected chi connectivity index (χ1v) is 8.44. The van der Waals surface area contributed by atoms with Gasteiger partial charge in [-0.25, -0.2) is 4.98 Å². The lowest BCUT2D eigenvalue weighted by molar-refractivity contribution is -0.384. The van der Waals surface area contributed by atoms with Gasteiger partial charge in [-0.05, 0) is 47.5 Å². The van der Waals surface area contributed by atoms with Gasteiger partial charge in [-0.3, -0.25) is 15.1 Å². The Kier molecular flexibility index (Phi) is 4.41. The first-order chi connectivity index (χ1) is 13.2. The highest BCUT2D eigenvalue weighted by Gasteiger charge is 2.07. The van der Waals surface area contributed by atoms with Gasteiger partial charge in [-0.2, -0.15) is 0 Å². The minimum Gasteiger partial charge on any atom is -0.258 e. The molecule has 0 aliphatic heterocycles. The number of nitrogens with zero attached hydrogens (tertiary/aromatic N) is 3. The number of rotatable bonds is 4. The zero-order chi connectivity index (χ0) is 18.6. The molecule has 2 heterocycles. The van der Waals surface area contributed by atoms with Gasteiger partial charge in [0.1, 0.15) is 0 Å². The van der Waals surface area contributed by atoms with E-state index in [9.17, 15) is 10.1 Å². The van der Waals surface area contributed by atoms with Gasteiger partial charge in [-0.1, -0.05) is 36.4 Å². The van der Waals surface area contributed by atoms with E-state index < -0.39 is 4.92 Å². The number of aromatic nitrogens is 2. The molecule has 27 heavy (non-hydrogen) atoms. The quantitative estimate of drug-likeness (QED) is 0.365. The zero-order valence-electron chi connectivity index (χ0n) is 14.3. The molecule has 5 heteroatoms. The Bertz CT molecular complexity index is 1140. The van der Waals surface area contributed by atoms with Crippen molar-refractivity contribution in [1.29, 1.82) is 0 Å². The first kappa shape index (κ1) is 16.6. The van der Waals surface area contributed by atoms with Crippen LogP contribution in [0.3, 0.4) is 0 Å². The van der Waals surface area contributed by atoms with Gasteiger partial charge < -0.3 is 0 Å². The molecule has 2 aromatic carbocycles. The number of nitro benzene ring substituents is 1. The van der Waals surface area contributed by atoms with Crippen molar-refractivity contribution in [2.45, 2.75) is 0 Å². The summed E-state index contributed by atoms with van der Waals surface area (Å²) in [4.78, 5) is 19.5. The van der Waals surface area contributed by atoms with E-state index in [-0.39, 0.29) is 5.69 Å². The summed E-state index contributed by atoms with van der Waals surface area (Å²) in [5, 5.41) is 11.8. The smallest absolute Gasteiger partial charge is 0.258 e. The van der Waals surface area contributed by atoms with Gasteiger partial charge in [0.05, 0.1) is 21.8 Å². The Hall–Kier alpha value is -3.86. The van der Waals surface area contributed by atoms with Crippen LogP contribution >= 0.6 is 0 Å². The number of hydrogen-bond donors (Lipinski definition) is 0. The van der Waals surface area contributed by atoms with E-state index in [1.165, 1.54) is 12.1 Å². The molecule has 4 rings (SSSR count). The van der Waals surface area contributed by atoms with Crippen molar-refractivity contribution >= 4 is 28.7 Å². The number of para-hydroxylation sites is 1. The van der Waals surface area contributed by atoms with Gasteiger partial charge in [0.15, 0.2) is 0 Å². The second kappa shape index (κ2) is 7.17. The van der Waals surface area contributed by atoms with Crippen molar-refractivity contribution in [3.8, 4) is 11.4 Å². The molecule has 0 aliphatic carbocycles. The van der Waals surface area contributed by atoms with Crippen LogP contribution in [-0.2, 0) is 0 Å². The number of fused-ring (bicyclic) bond motifs is 1. The van der Waals surface area contributed by atoms with Crippen LogP contribution in [0.25, 0.3) is 34.4 Å². The van der Waals surface area contributed by atoms with E-state index in [1.54, 1.807) is 18.3 Å². The molecular formula is C22H15N3O2. The Morgan fingerprint density at radius 2 is 1.63 bits per heavy atom. The molecule has 0 radical (unpaired) electrons. The van der Waals surface area contributed by atoms with Gasteiger partial charge in [0, 0.05) is 23.7 Å². The van der Waals surface area contributed by atoms with Crippen molar-refractivity contribution in [3.05, 3.63) is 100 Å². The SMILES string of the molecule is O=[N+]([O-])c1ccc(C=Cc2cc(-c3ccccn3)nc3ccccc23)cc1. The molecule has 5 nitrogen and oxygen atoms in total. The van der Waals surface area contributed by atoms with Crippen molar-refractivity contribution in [3.63, 3.8) is 0 Å². The summed E-state index contributed by atoms with van der Waals surface area (Å²) in [5.74, 6) is 0. The minimum absolute atomic E-state index is 0.0824. The van der Waals surface area contributed by atoms with E-state index in [2.05, 4.69) is 4.98 Å². The number of non-ortho nitro benzene ring substituents is 1. The van der Waals surface area contributed by atoms with Crippen LogP contribution in [0.4, 0.5) is 5.69 Å². The summed E-state index contributed by atoms with van der Waals surface area (Å²) in [7, 11) is 0. The van der Waals surface area contributed by atoms with E-state index in [4.69, 9.17) is 4.98 Å². The highest BCUT2D eigenvalue weighted by atomic mass is 16.6. The third-order valence-electron chi connectivity index (χ3n) is 4.23. The van der Waals surface area contributed by atoms with Crippen LogP contribution in [-0.4, -0.2) is 14.9 Å². The highest BCUT2D eigenvalue weighted by molar-refractivity contribution is 5.92. The number of pyridine rings is 2. The lowest BCUT2D eigenvalue weighted by Gasteiger charge is -2.06. The molecule has 2 aromatic heterocycles. The number of nitro groups is 1. The van der Waals surface area contributed by atoms with Gasteiger partial charge in [-0.15, -0.1) is 0 Å². The van der Waals surface area contributed by atoms with Gasteiger partial charge in [0.2, 0.25) is 0 Å². The minimum atomic E-state index is -0.400. The fraction of sp³-hybridized carbons (Fsp3) is 0. The average Bonchev–Trinajstić information content (AvgIpc) is 2.72.